The number of esters is 1. The van der Waals surface area contributed by atoms with Crippen molar-refractivity contribution < 1.29 is 19.4 Å². The third-order valence-corrected chi connectivity index (χ3v) is 2.78. The summed E-state index contributed by atoms with van der Waals surface area (Å²) in [4.78, 5) is 28.0. The van der Waals surface area contributed by atoms with Gasteiger partial charge in [-0.2, -0.15) is 0 Å². The third kappa shape index (κ3) is 2.77. The molecule has 0 amide bonds. The Morgan fingerprint density at radius 3 is 2.50 bits per heavy atom. The van der Waals surface area contributed by atoms with Crippen LogP contribution in [-0.2, 0) is 9.53 Å². The fourth-order valence-electron chi connectivity index (χ4n) is 1.43. The minimum Gasteiger partial charge on any atom is -0.480 e. The molecule has 6 nitrogen and oxygen atoms in total. The van der Waals surface area contributed by atoms with Gasteiger partial charge < -0.3 is 14.7 Å². The van der Waals surface area contributed by atoms with Crippen molar-refractivity contribution in [2.24, 2.45) is 0 Å². The third-order valence-electron chi connectivity index (χ3n) is 2.78. The topological polar surface area (TPSA) is 79.7 Å². The Hall–Kier alpha value is -2.11. The number of aliphatic carboxylic acids is 1. The molecule has 0 fully saturated rings. The van der Waals surface area contributed by atoms with E-state index >= 15 is 0 Å². The minimum atomic E-state index is -0.936. The fraction of sp³-hybridized carbons (Fsp3) is 0.417. The molecular formula is C12H16N2O4. The highest BCUT2D eigenvalue weighted by Gasteiger charge is 2.19. The lowest BCUT2D eigenvalue weighted by Gasteiger charge is -2.23. The molecule has 6 heteroatoms. The molecule has 0 aliphatic heterocycles. The first kappa shape index (κ1) is 14.0. The number of carboxylic acids is 1. The van der Waals surface area contributed by atoms with Crippen molar-refractivity contribution in [3.8, 4) is 0 Å². The second kappa shape index (κ2) is 5.48. The highest BCUT2D eigenvalue weighted by atomic mass is 16.5. The summed E-state index contributed by atoms with van der Waals surface area (Å²) in [5.41, 5.74) is 0.876. The van der Waals surface area contributed by atoms with Gasteiger partial charge in [0.15, 0.2) is 0 Å². The molecule has 0 aliphatic rings. The smallest absolute Gasteiger partial charge is 0.339 e. The van der Waals surface area contributed by atoms with Gasteiger partial charge in [-0.15, -0.1) is 0 Å². The predicted molar refractivity (Wildman–Crippen MR) is 65.8 cm³/mol. The van der Waals surface area contributed by atoms with Gasteiger partial charge in [-0.05, 0) is 26.0 Å². The van der Waals surface area contributed by atoms with Crippen molar-refractivity contribution in [2.75, 3.05) is 19.1 Å². The number of pyridine rings is 1. The summed E-state index contributed by atoms with van der Waals surface area (Å²) in [6.45, 7) is 3.24. The van der Waals surface area contributed by atoms with Crippen LogP contribution in [0.5, 0.6) is 0 Å². The van der Waals surface area contributed by atoms with Crippen molar-refractivity contribution in [3.05, 3.63) is 23.4 Å². The van der Waals surface area contributed by atoms with Gasteiger partial charge in [0.2, 0.25) is 0 Å². The van der Waals surface area contributed by atoms with Crippen LogP contribution in [0.4, 0.5) is 5.82 Å². The van der Waals surface area contributed by atoms with Gasteiger partial charge in [-0.3, -0.25) is 0 Å². The van der Waals surface area contributed by atoms with E-state index in [1.807, 2.05) is 0 Å². The van der Waals surface area contributed by atoms with E-state index in [4.69, 9.17) is 5.11 Å². The van der Waals surface area contributed by atoms with Crippen LogP contribution in [0.3, 0.4) is 0 Å². The van der Waals surface area contributed by atoms with Crippen molar-refractivity contribution in [3.63, 3.8) is 0 Å². The van der Waals surface area contributed by atoms with Crippen LogP contribution in [0.1, 0.15) is 23.0 Å². The van der Waals surface area contributed by atoms with Gasteiger partial charge in [0.05, 0.1) is 18.4 Å². The number of carboxylic acid groups (broad SMARTS) is 1. The molecule has 0 spiro atoms. The first-order valence-electron chi connectivity index (χ1n) is 5.40. The molecule has 18 heavy (non-hydrogen) atoms. The highest BCUT2D eigenvalue weighted by Crippen LogP contribution is 2.16. The molecule has 0 bridgehead atoms. The van der Waals surface area contributed by atoms with Crippen molar-refractivity contribution >= 4 is 17.8 Å². The number of likely N-dealkylation sites (N-methyl/N-ethyl adjacent to an activating group) is 1. The molecular weight excluding hydrogens is 236 g/mol. The van der Waals surface area contributed by atoms with Gasteiger partial charge in [0.25, 0.3) is 0 Å². The number of nitrogens with zero attached hydrogens (tertiary/aromatic N) is 2. The number of carbonyl (C=O) groups is 2. The average molecular weight is 252 g/mol. The number of ether oxygens (including phenoxy) is 1. The van der Waals surface area contributed by atoms with Gasteiger partial charge in [0, 0.05) is 7.05 Å². The van der Waals surface area contributed by atoms with Crippen LogP contribution in [0.2, 0.25) is 0 Å². The Morgan fingerprint density at radius 1 is 1.44 bits per heavy atom. The van der Waals surface area contributed by atoms with Crippen LogP contribution in [-0.4, -0.2) is 42.2 Å². The first-order chi connectivity index (χ1) is 8.38. The standard InChI is InChI=1S/C12H16N2O4/c1-7-9(12(17)18-4)5-6-10(13-7)14(3)8(2)11(15)16/h5-6,8H,1-4H3,(H,15,16). The monoisotopic (exact) mass is 252 g/mol. The number of anilines is 1. The van der Waals surface area contributed by atoms with E-state index in [0.29, 0.717) is 17.1 Å². The van der Waals surface area contributed by atoms with Crippen molar-refractivity contribution in [1.82, 2.24) is 4.98 Å². The van der Waals surface area contributed by atoms with Crippen LogP contribution < -0.4 is 4.90 Å². The van der Waals surface area contributed by atoms with E-state index in [9.17, 15) is 9.59 Å². The summed E-state index contributed by atoms with van der Waals surface area (Å²) in [5.74, 6) is -0.899. The largest absolute Gasteiger partial charge is 0.480 e. The van der Waals surface area contributed by atoms with Crippen molar-refractivity contribution in [1.29, 1.82) is 0 Å². The maximum absolute atomic E-state index is 11.4. The van der Waals surface area contributed by atoms with Crippen LogP contribution >= 0.6 is 0 Å². The molecule has 0 aliphatic carbocycles. The lowest BCUT2D eigenvalue weighted by molar-refractivity contribution is -0.138. The summed E-state index contributed by atoms with van der Waals surface area (Å²) in [6, 6.07) is 2.48. The highest BCUT2D eigenvalue weighted by molar-refractivity contribution is 5.90. The minimum absolute atomic E-state index is 0.373. The Bertz CT molecular complexity index is 473. The first-order valence-corrected chi connectivity index (χ1v) is 5.40. The van der Waals surface area contributed by atoms with E-state index in [1.54, 1.807) is 33.0 Å². The number of aromatic nitrogens is 1. The second-order valence-corrected chi connectivity index (χ2v) is 3.92. The molecule has 0 radical (unpaired) electrons. The van der Waals surface area contributed by atoms with Gasteiger partial charge in [-0.25, -0.2) is 14.6 Å². The summed E-state index contributed by atoms with van der Waals surface area (Å²) in [7, 11) is 2.94. The second-order valence-electron chi connectivity index (χ2n) is 3.92. The average Bonchev–Trinajstić information content (AvgIpc) is 2.35. The molecule has 1 aromatic heterocycles. The van der Waals surface area contributed by atoms with Gasteiger partial charge in [0.1, 0.15) is 11.9 Å². The lowest BCUT2D eigenvalue weighted by Crippen LogP contribution is -2.36. The molecule has 1 N–H and O–H groups in total. The quantitative estimate of drug-likeness (QED) is 0.808. The van der Waals surface area contributed by atoms with E-state index < -0.39 is 18.0 Å². The molecule has 0 aromatic carbocycles. The van der Waals surface area contributed by atoms with Crippen LogP contribution in [0.15, 0.2) is 12.1 Å². The summed E-state index contributed by atoms with van der Waals surface area (Å²) >= 11 is 0. The number of aryl methyl sites for hydroxylation is 1. The molecule has 0 saturated carbocycles. The Labute approximate surface area is 105 Å². The van der Waals surface area contributed by atoms with Gasteiger partial charge >= 0.3 is 11.9 Å². The molecule has 1 unspecified atom stereocenters. The van der Waals surface area contributed by atoms with E-state index in [0.717, 1.165) is 0 Å². The van der Waals surface area contributed by atoms with E-state index in [1.165, 1.54) is 12.0 Å². The number of rotatable bonds is 4. The normalized spacial score (nSPS) is 11.8. The Balaban J connectivity index is 3.04. The number of hydrogen-bond acceptors (Lipinski definition) is 5. The Morgan fingerprint density at radius 2 is 2.06 bits per heavy atom. The molecule has 0 saturated heterocycles. The SMILES string of the molecule is COC(=O)c1ccc(N(C)C(C)C(=O)O)nc1C. The van der Waals surface area contributed by atoms with Gasteiger partial charge in [-0.1, -0.05) is 0 Å². The summed E-state index contributed by atoms with van der Waals surface area (Å²) in [6.07, 6.45) is 0. The maximum atomic E-state index is 11.4. The maximum Gasteiger partial charge on any atom is 0.339 e. The molecule has 1 heterocycles. The summed E-state index contributed by atoms with van der Waals surface area (Å²) < 4.78 is 4.62. The zero-order valence-electron chi connectivity index (χ0n) is 10.8. The number of carbonyl (C=O) groups excluding carboxylic acids is 1. The van der Waals surface area contributed by atoms with Crippen LogP contribution in [0, 0.1) is 6.92 Å². The van der Waals surface area contributed by atoms with Crippen molar-refractivity contribution in [2.45, 2.75) is 19.9 Å². The predicted octanol–water partition coefficient (Wildman–Crippen LogP) is 1.09. The molecule has 1 aromatic rings. The molecule has 1 rings (SSSR count). The zero-order valence-corrected chi connectivity index (χ0v) is 10.8. The van der Waals surface area contributed by atoms with E-state index in [2.05, 4.69) is 9.72 Å². The molecule has 98 valence electrons. The fourth-order valence-corrected chi connectivity index (χ4v) is 1.43. The molecule has 1 atom stereocenters. The lowest BCUT2D eigenvalue weighted by atomic mass is 10.2. The summed E-state index contributed by atoms with van der Waals surface area (Å²) in [5, 5.41) is 8.92. The van der Waals surface area contributed by atoms with E-state index in [-0.39, 0.29) is 0 Å². The van der Waals surface area contributed by atoms with Crippen LogP contribution in [0.25, 0.3) is 0 Å². The number of hydrogen-bond donors (Lipinski definition) is 1. The zero-order chi connectivity index (χ0) is 13.9. The number of methoxy groups -OCH3 is 1. The Kier molecular flexibility index (Phi) is 4.25.